The summed E-state index contributed by atoms with van der Waals surface area (Å²) in [5.41, 5.74) is 4.14. The molecule has 5 heteroatoms. The number of nitrogens with zero attached hydrogens (tertiary/aromatic N) is 1. The predicted octanol–water partition coefficient (Wildman–Crippen LogP) is 4.94. The average molecular weight is 401 g/mol. The quantitative estimate of drug-likeness (QED) is 0.416. The van der Waals surface area contributed by atoms with Crippen molar-refractivity contribution >= 4 is 28.9 Å². The van der Waals surface area contributed by atoms with E-state index in [1.54, 1.807) is 19.1 Å². The standard InChI is InChI=1S/C25H23NO4/c1-28-14-15-30-23-13-12-18(17-24(23)29-2)16-21-20-10-6-7-11-22(20)26(25(21)27)19-8-4-3-5-9-19/h3-13,16-17H,14-15H2,1-2H3/b21-16+. The van der Waals surface area contributed by atoms with Crippen molar-refractivity contribution in [3.05, 3.63) is 83.9 Å². The number of hydrogen-bond acceptors (Lipinski definition) is 4. The molecule has 0 saturated heterocycles. The SMILES string of the molecule is COCCOc1ccc(/C=C2/C(=O)N(c3ccccc3)c3ccccc32)cc1OC. The molecule has 0 aliphatic carbocycles. The van der Waals surface area contributed by atoms with E-state index in [-0.39, 0.29) is 5.91 Å². The monoisotopic (exact) mass is 401 g/mol. The minimum Gasteiger partial charge on any atom is -0.493 e. The van der Waals surface area contributed by atoms with Crippen molar-refractivity contribution in [1.82, 2.24) is 0 Å². The second-order valence-corrected chi connectivity index (χ2v) is 6.80. The number of rotatable bonds is 7. The molecule has 0 bridgehead atoms. The maximum Gasteiger partial charge on any atom is 0.263 e. The van der Waals surface area contributed by atoms with Gasteiger partial charge >= 0.3 is 0 Å². The summed E-state index contributed by atoms with van der Waals surface area (Å²) in [7, 11) is 3.23. The van der Waals surface area contributed by atoms with E-state index in [1.807, 2.05) is 78.9 Å². The summed E-state index contributed by atoms with van der Waals surface area (Å²) in [4.78, 5) is 15.1. The molecule has 5 nitrogen and oxygen atoms in total. The Bertz CT molecular complexity index is 1080. The van der Waals surface area contributed by atoms with Crippen molar-refractivity contribution < 1.29 is 19.0 Å². The van der Waals surface area contributed by atoms with Crippen LogP contribution in [0.4, 0.5) is 11.4 Å². The van der Waals surface area contributed by atoms with Crippen molar-refractivity contribution in [3.63, 3.8) is 0 Å². The van der Waals surface area contributed by atoms with Gasteiger partial charge in [-0.2, -0.15) is 0 Å². The second kappa shape index (κ2) is 8.84. The van der Waals surface area contributed by atoms with Crippen LogP contribution < -0.4 is 14.4 Å². The summed E-state index contributed by atoms with van der Waals surface area (Å²) >= 11 is 0. The molecular weight excluding hydrogens is 378 g/mol. The molecular formula is C25H23NO4. The Morgan fingerprint density at radius 3 is 2.40 bits per heavy atom. The number of methoxy groups -OCH3 is 2. The van der Waals surface area contributed by atoms with Gasteiger partial charge in [0.25, 0.3) is 5.91 Å². The highest BCUT2D eigenvalue weighted by atomic mass is 16.5. The first-order valence-electron chi connectivity index (χ1n) is 9.73. The lowest BCUT2D eigenvalue weighted by atomic mass is 10.0. The molecule has 3 aromatic rings. The van der Waals surface area contributed by atoms with Crippen LogP contribution in [0.1, 0.15) is 11.1 Å². The summed E-state index contributed by atoms with van der Waals surface area (Å²) in [6, 6.07) is 23.1. The molecule has 0 aromatic heterocycles. The molecule has 0 atom stereocenters. The Kier molecular flexibility index (Phi) is 5.82. The maximum absolute atomic E-state index is 13.4. The Morgan fingerprint density at radius 2 is 1.63 bits per heavy atom. The van der Waals surface area contributed by atoms with E-state index >= 15 is 0 Å². The van der Waals surface area contributed by atoms with Crippen molar-refractivity contribution in [2.75, 3.05) is 32.3 Å². The van der Waals surface area contributed by atoms with Crippen LogP contribution in [0.5, 0.6) is 11.5 Å². The number of carbonyl (C=O) groups excluding carboxylic acids is 1. The summed E-state index contributed by atoms with van der Waals surface area (Å²) in [6.45, 7) is 0.931. The van der Waals surface area contributed by atoms with Crippen LogP contribution in [0.2, 0.25) is 0 Å². The molecule has 0 fully saturated rings. The van der Waals surface area contributed by atoms with E-state index in [9.17, 15) is 4.79 Å². The molecule has 30 heavy (non-hydrogen) atoms. The molecule has 1 aliphatic heterocycles. The van der Waals surface area contributed by atoms with Gasteiger partial charge in [0, 0.05) is 18.4 Å². The molecule has 0 spiro atoms. The molecule has 152 valence electrons. The minimum absolute atomic E-state index is 0.0539. The van der Waals surface area contributed by atoms with Crippen molar-refractivity contribution in [2.45, 2.75) is 0 Å². The number of para-hydroxylation sites is 2. The Labute approximate surface area is 176 Å². The van der Waals surface area contributed by atoms with E-state index < -0.39 is 0 Å². The number of anilines is 2. The van der Waals surface area contributed by atoms with Gasteiger partial charge in [-0.25, -0.2) is 0 Å². The summed E-state index contributed by atoms with van der Waals surface area (Å²) < 4.78 is 16.2. The second-order valence-electron chi connectivity index (χ2n) is 6.80. The van der Waals surface area contributed by atoms with Gasteiger partial charge in [-0.05, 0) is 42.0 Å². The maximum atomic E-state index is 13.4. The third-order valence-corrected chi connectivity index (χ3v) is 4.93. The first-order valence-corrected chi connectivity index (χ1v) is 9.73. The predicted molar refractivity (Wildman–Crippen MR) is 118 cm³/mol. The van der Waals surface area contributed by atoms with Crippen molar-refractivity contribution in [1.29, 1.82) is 0 Å². The normalized spacial score (nSPS) is 14.1. The van der Waals surface area contributed by atoms with Gasteiger partial charge in [-0.1, -0.05) is 42.5 Å². The van der Waals surface area contributed by atoms with E-state index in [0.717, 1.165) is 22.5 Å². The van der Waals surface area contributed by atoms with Gasteiger partial charge in [0.15, 0.2) is 11.5 Å². The van der Waals surface area contributed by atoms with E-state index in [4.69, 9.17) is 14.2 Å². The van der Waals surface area contributed by atoms with Crippen LogP contribution in [0, 0.1) is 0 Å². The van der Waals surface area contributed by atoms with Crippen LogP contribution >= 0.6 is 0 Å². The molecule has 0 saturated carbocycles. The number of amides is 1. The molecule has 0 unspecified atom stereocenters. The Balaban J connectivity index is 1.71. The fourth-order valence-corrected chi connectivity index (χ4v) is 3.51. The third kappa shape index (κ3) is 3.80. The highest BCUT2D eigenvalue weighted by Gasteiger charge is 2.33. The van der Waals surface area contributed by atoms with Gasteiger partial charge in [0.05, 0.1) is 25.0 Å². The number of fused-ring (bicyclic) bond motifs is 1. The zero-order valence-electron chi connectivity index (χ0n) is 17.0. The minimum atomic E-state index is -0.0539. The largest absolute Gasteiger partial charge is 0.493 e. The van der Waals surface area contributed by atoms with Gasteiger partial charge in [-0.15, -0.1) is 0 Å². The Morgan fingerprint density at radius 1 is 0.867 bits per heavy atom. The lowest BCUT2D eigenvalue weighted by Crippen LogP contribution is -2.20. The molecule has 1 amide bonds. The van der Waals surface area contributed by atoms with Gasteiger partial charge in [0.1, 0.15) is 6.61 Å². The molecule has 0 N–H and O–H groups in total. The van der Waals surface area contributed by atoms with Gasteiger partial charge in [0.2, 0.25) is 0 Å². The smallest absolute Gasteiger partial charge is 0.263 e. The number of ether oxygens (including phenoxy) is 3. The van der Waals surface area contributed by atoms with E-state index in [1.165, 1.54) is 0 Å². The van der Waals surface area contributed by atoms with E-state index in [0.29, 0.717) is 30.3 Å². The molecule has 3 aromatic carbocycles. The third-order valence-electron chi connectivity index (χ3n) is 4.93. The molecule has 1 heterocycles. The highest BCUT2D eigenvalue weighted by molar-refractivity contribution is 6.37. The Hall–Kier alpha value is -3.57. The van der Waals surface area contributed by atoms with Crippen molar-refractivity contribution in [3.8, 4) is 11.5 Å². The fraction of sp³-hybridized carbons (Fsp3) is 0.160. The average Bonchev–Trinajstić information content (AvgIpc) is 3.06. The zero-order valence-corrected chi connectivity index (χ0v) is 17.0. The highest BCUT2D eigenvalue weighted by Crippen LogP contribution is 2.42. The summed E-state index contributed by atoms with van der Waals surface area (Å²) in [5.74, 6) is 1.20. The molecule has 1 aliphatic rings. The van der Waals surface area contributed by atoms with Crippen LogP contribution in [0.3, 0.4) is 0 Å². The van der Waals surface area contributed by atoms with Crippen LogP contribution in [-0.2, 0) is 9.53 Å². The van der Waals surface area contributed by atoms with Gasteiger partial charge in [-0.3, -0.25) is 9.69 Å². The molecule has 4 rings (SSSR count). The lowest BCUT2D eigenvalue weighted by Gasteiger charge is -2.16. The summed E-state index contributed by atoms with van der Waals surface area (Å²) in [6.07, 6.45) is 1.89. The number of hydrogen-bond donors (Lipinski definition) is 0. The lowest BCUT2D eigenvalue weighted by molar-refractivity contribution is -0.112. The topological polar surface area (TPSA) is 48.0 Å². The summed E-state index contributed by atoms with van der Waals surface area (Å²) in [5, 5.41) is 0. The van der Waals surface area contributed by atoms with Gasteiger partial charge < -0.3 is 14.2 Å². The fourth-order valence-electron chi connectivity index (χ4n) is 3.51. The zero-order chi connectivity index (χ0) is 20.9. The molecule has 0 radical (unpaired) electrons. The van der Waals surface area contributed by atoms with Crippen LogP contribution in [0.15, 0.2) is 72.8 Å². The van der Waals surface area contributed by atoms with Crippen LogP contribution in [0.25, 0.3) is 11.6 Å². The van der Waals surface area contributed by atoms with E-state index in [2.05, 4.69) is 0 Å². The first kappa shape index (κ1) is 19.7. The number of carbonyl (C=O) groups is 1. The number of benzene rings is 3. The van der Waals surface area contributed by atoms with Crippen molar-refractivity contribution in [2.24, 2.45) is 0 Å². The first-order chi connectivity index (χ1) is 14.7. The van der Waals surface area contributed by atoms with Crippen LogP contribution in [-0.4, -0.2) is 33.3 Å².